The maximum atomic E-state index is 13.2. The van der Waals surface area contributed by atoms with Crippen molar-refractivity contribution in [1.29, 1.82) is 0 Å². The van der Waals surface area contributed by atoms with Crippen molar-refractivity contribution in [3.8, 4) is 0 Å². The minimum absolute atomic E-state index is 0.0398. The number of carbonyl (C=O) groups is 2. The summed E-state index contributed by atoms with van der Waals surface area (Å²) in [5.41, 5.74) is 0.785. The SMILES string of the molecule is CCC(C(C)CCc1ccc(NC(C)=O)cc1)C1C(C)OC(C)(C)N1C(=O)OC(C)(C)C. The van der Waals surface area contributed by atoms with Gasteiger partial charge in [-0.1, -0.05) is 32.4 Å². The molecule has 1 heterocycles. The Labute approximate surface area is 194 Å². The fourth-order valence-corrected chi connectivity index (χ4v) is 4.89. The van der Waals surface area contributed by atoms with E-state index in [0.717, 1.165) is 24.9 Å². The highest BCUT2D eigenvalue weighted by molar-refractivity contribution is 5.88. The molecule has 1 aromatic rings. The maximum Gasteiger partial charge on any atom is 0.412 e. The minimum atomic E-state index is -0.709. The second-order valence-corrected chi connectivity index (χ2v) is 10.6. The first-order valence-corrected chi connectivity index (χ1v) is 11.8. The van der Waals surface area contributed by atoms with Gasteiger partial charge in [-0.2, -0.15) is 0 Å². The van der Waals surface area contributed by atoms with E-state index < -0.39 is 11.3 Å². The highest BCUT2D eigenvalue weighted by Crippen LogP contribution is 2.41. The van der Waals surface area contributed by atoms with Crippen molar-refractivity contribution in [2.24, 2.45) is 11.8 Å². The number of rotatable bonds is 7. The van der Waals surface area contributed by atoms with Gasteiger partial charge in [-0.05, 0) is 83.9 Å². The summed E-state index contributed by atoms with van der Waals surface area (Å²) in [6.45, 7) is 17.6. The zero-order valence-corrected chi connectivity index (χ0v) is 21.3. The van der Waals surface area contributed by atoms with E-state index in [0.29, 0.717) is 5.92 Å². The monoisotopic (exact) mass is 446 g/mol. The van der Waals surface area contributed by atoms with Gasteiger partial charge in [-0.3, -0.25) is 9.69 Å². The standard InChI is InChI=1S/C26H42N2O4/c1-10-22(17(2)11-12-20-13-15-21(16-14-20)27-19(4)29)23-18(3)31-26(8,9)28(23)24(30)32-25(5,6)7/h13-18,22-23H,10-12H2,1-9H3,(H,27,29). The average molecular weight is 447 g/mol. The van der Waals surface area contributed by atoms with Crippen LogP contribution in [-0.2, 0) is 20.7 Å². The molecule has 32 heavy (non-hydrogen) atoms. The highest BCUT2D eigenvalue weighted by atomic mass is 16.6. The van der Waals surface area contributed by atoms with E-state index in [1.54, 1.807) is 0 Å². The van der Waals surface area contributed by atoms with E-state index in [4.69, 9.17) is 9.47 Å². The van der Waals surface area contributed by atoms with E-state index in [-0.39, 0.29) is 30.1 Å². The fourth-order valence-electron chi connectivity index (χ4n) is 4.89. The largest absolute Gasteiger partial charge is 0.444 e. The molecule has 2 rings (SSSR count). The molecule has 4 unspecified atom stereocenters. The van der Waals surface area contributed by atoms with E-state index in [9.17, 15) is 9.59 Å². The van der Waals surface area contributed by atoms with E-state index >= 15 is 0 Å². The number of amides is 2. The molecule has 2 amide bonds. The number of nitrogens with zero attached hydrogens (tertiary/aromatic N) is 1. The molecule has 0 saturated carbocycles. The predicted octanol–water partition coefficient (Wildman–Crippen LogP) is 6.00. The van der Waals surface area contributed by atoms with Gasteiger partial charge in [0.25, 0.3) is 0 Å². The van der Waals surface area contributed by atoms with Gasteiger partial charge in [0, 0.05) is 12.6 Å². The molecule has 1 aliphatic rings. The average Bonchev–Trinajstić information content (AvgIpc) is 2.88. The summed E-state index contributed by atoms with van der Waals surface area (Å²) >= 11 is 0. The molecule has 1 fully saturated rings. The van der Waals surface area contributed by atoms with E-state index in [1.165, 1.54) is 12.5 Å². The topological polar surface area (TPSA) is 67.9 Å². The molecule has 0 aromatic heterocycles. The molecule has 1 aliphatic heterocycles. The number of anilines is 1. The summed E-state index contributed by atoms with van der Waals surface area (Å²) in [5, 5.41) is 2.80. The fraction of sp³-hybridized carbons (Fsp3) is 0.692. The normalized spacial score (nSPS) is 22.3. The third-order valence-electron chi connectivity index (χ3n) is 6.23. The van der Waals surface area contributed by atoms with Gasteiger partial charge in [0.05, 0.1) is 12.1 Å². The van der Waals surface area contributed by atoms with Crippen molar-refractivity contribution in [2.45, 2.75) is 105 Å². The van der Waals surface area contributed by atoms with Crippen LogP contribution in [0.2, 0.25) is 0 Å². The first-order chi connectivity index (χ1) is 14.7. The Hall–Kier alpha value is -2.08. The second-order valence-electron chi connectivity index (χ2n) is 10.6. The molecule has 6 heteroatoms. The number of aryl methyl sites for hydroxylation is 1. The number of hydrogen-bond donors (Lipinski definition) is 1. The van der Waals surface area contributed by atoms with Gasteiger partial charge >= 0.3 is 6.09 Å². The van der Waals surface area contributed by atoms with Gasteiger partial charge in [-0.15, -0.1) is 0 Å². The highest BCUT2D eigenvalue weighted by Gasteiger charge is 2.52. The molecule has 0 radical (unpaired) electrons. The van der Waals surface area contributed by atoms with Crippen LogP contribution in [0, 0.1) is 11.8 Å². The van der Waals surface area contributed by atoms with Crippen LogP contribution < -0.4 is 5.32 Å². The summed E-state index contributed by atoms with van der Waals surface area (Å²) in [7, 11) is 0. The Bertz CT molecular complexity index is 782. The molecule has 0 aliphatic carbocycles. The number of benzene rings is 1. The second kappa shape index (κ2) is 10.2. The summed E-state index contributed by atoms with van der Waals surface area (Å²) in [4.78, 5) is 26.2. The smallest absolute Gasteiger partial charge is 0.412 e. The summed E-state index contributed by atoms with van der Waals surface area (Å²) < 4.78 is 12.0. The van der Waals surface area contributed by atoms with Crippen molar-refractivity contribution >= 4 is 17.7 Å². The molecule has 0 bridgehead atoms. The lowest BCUT2D eigenvalue weighted by atomic mass is 9.79. The minimum Gasteiger partial charge on any atom is -0.444 e. The van der Waals surface area contributed by atoms with Crippen molar-refractivity contribution in [3.63, 3.8) is 0 Å². The lowest BCUT2D eigenvalue weighted by Gasteiger charge is -2.39. The van der Waals surface area contributed by atoms with Crippen LogP contribution in [0.15, 0.2) is 24.3 Å². The van der Waals surface area contributed by atoms with Gasteiger partial charge in [0.15, 0.2) is 0 Å². The van der Waals surface area contributed by atoms with Crippen molar-refractivity contribution in [3.05, 3.63) is 29.8 Å². The maximum absolute atomic E-state index is 13.2. The van der Waals surface area contributed by atoms with Crippen LogP contribution in [0.5, 0.6) is 0 Å². The Morgan fingerprint density at radius 3 is 2.31 bits per heavy atom. The summed E-state index contributed by atoms with van der Waals surface area (Å²) in [6.07, 6.45) is 2.52. The Morgan fingerprint density at radius 2 is 1.81 bits per heavy atom. The molecule has 0 spiro atoms. The number of hydrogen-bond acceptors (Lipinski definition) is 4. The lowest BCUT2D eigenvalue weighted by molar-refractivity contribution is -0.114. The summed E-state index contributed by atoms with van der Waals surface area (Å²) in [5.74, 6) is 0.616. The van der Waals surface area contributed by atoms with Crippen LogP contribution >= 0.6 is 0 Å². The van der Waals surface area contributed by atoms with Gasteiger partial charge < -0.3 is 14.8 Å². The first kappa shape index (κ1) is 26.2. The molecular weight excluding hydrogens is 404 g/mol. The lowest BCUT2D eigenvalue weighted by Crippen LogP contribution is -2.53. The first-order valence-electron chi connectivity index (χ1n) is 11.8. The van der Waals surface area contributed by atoms with Crippen LogP contribution in [0.1, 0.15) is 80.7 Å². The molecule has 180 valence electrons. The summed E-state index contributed by atoms with van der Waals surface area (Å²) in [6, 6.07) is 7.98. The molecule has 1 saturated heterocycles. The number of ether oxygens (including phenoxy) is 2. The number of carbonyl (C=O) groups excluding carboxylic acids is 2. The molecule has 6 nitrogen and oxygen atoms in total. The third-order valence-corrected chi connectivity index (χ3v) is 6.23. The molecule has 1 N–H and O–H groups in total. The predicted molar refractivity (Wildman–Crippen MR) is 128 cm³/mol. The van der Waals surface area contributed by atoms with E-state index in [2.05, 4.69) is 38.2 Å². The van der Waals surface area contributed by atoms with Crippen molar-refractivity contribution in [1.82, 2.24) is 4.90 Å². The van der Waals surface area contributed by atoms with Crippen LogP contribution in [-0.4, -0.2) is 40.4 Å². The molecule has 1 aromatic carbocycles. The van der Waals surface area contributed by atoms with Gasteiger partial charge in [0.2, 0.25) is 5.91 Å². The van der Waals surface area contributed by atoms with Gasteiger partial charge in [0.1, 0.15) is 11.3 Å². The Balaban J connectivity index is 2.13. The Morgan fingerprint density at radius 1 is 1.22 bits per heavy atom. The van der Waals surface area contributed by atoms with Gasteiger partial charge in [-0.25, -0.2) is 4.79 Å². The van der Waals surface area contributed by atoms with Crippen LogP contribution in [0.25, 0.3) is 0 Å². The van der Waals surface area contributed by atoms with Crippen molar-refractivity contribution < 1.29 is 19.1 Å². The van der Waals surface area contributed by atoms with Crippen LogP contribution in [0.4, 0.5) is 10.5 Å². The Kier molecular flexibility index (Phi) is 8.38. The zero-order valence-electron chi connectivity index (χ0n) is 21.3. The molecule has 4 atom stereocenters. The third kappa shape index (κ3) is 6.71. The van der Waals surface area contributed by atoms with Crippen LogP contribution in [0.3, 0.4) is 0 Å². The molecular formula is C26H42N2O4. The zero-order chi connectivity index (χ0) is 24.3. The van der Waals surface area contributed by atoms with E-state index in [1.807, 2.05) is 51.7 Å². The van der Waals surface area contributed by atoms with Crippen molar-refractivity contribution in [2.75, 3.05) is 5.32 Å². The number of nitrogens with one attached hydrogen (secondary N) is 1. The quantitative estimate of drug-likeness (QED) is 0.558.